The van der Waals surface area contributed by atoms with Gasteiger partial charge in [-0.3, -0.25) is 14.5 Å². The highest BCUT2D eigenvalue weighted by molar-refractivity contribution is 5.98. The summed E-state index contributed by atoms with van der Waals surface area (Å²) in [6.07, 6.45) is 0.129. The predicted octanol–water partition coefficient (Wildman–Crippen LogP) is 3.10. The van der Waals surface area contributed by atoms with Crippen molar-refractivity contribution in [2.45, 2.75) is 79.9 Å². The summed E-state index contributed by atoms with van der Waals surface area (Å²) in [7, 11) is 0. The van der Waals surface area contributed by atoms with Gasteiger partial charge < -0.3 is 10.1 Å². The number of ether oxygens (including phenoxy) is 1. The minimum absolute atomic E-state index is 0.163. The molecule has 1 atom stereocenters. The number of alkyl carbamates (subject to hydrolysis) is 1. The largest absolute Gasteiger partial charge is 0.444 e. The molecule has 1 N–H and O–H groups in total. The minimum Gasteiger partial charge on any atom is -0.444 e. The Labute approximate surface area is 145 Å². The molecule has 0 aromatic carbocycles. The molecule has 6 nitrogen and oxygen atoms in total. The van der Waals surface area contributed by atoms with Crippen molar-refractivity contribution in [3.05, 3.63) is 0 Å². The zero-order chi connectivity index (χ0) is 18.9. The molecule has 0 aliphatic carbocycles. The predicted molar refractivity (Wildman–Crippen MR) is 92.3 cm³/mol. The van der Waals surface area contributed by atoms with Gasteiger partial charge in [-0.1, -0.05) is 34.6 Å². The Balaban J connectivity index is 2.86. The van der Waals surface area contributed by atoms with Gasteiger partial charge in [0.05, 0.1) is 6.04 Å². The first-order valence-electron chi connectivity index (χ1n) is 8.43. The van der Waals surface area contributed by atoms with E-state index in [-0.39, 0.29) is 35.2 Å². The Hall–Kier alpha value is -1.59. The van der Waals surface area contributed by atoms with Crippen molar-refractivity contribution in [2.75, 3.05) is 6.54 Å². The molecule has 6 heteroatoms. The Kier molecular flexibility index (Phi) is 5.73. The average molecular weight is 340 g/mol. The van der Waals surface area contributed by atoms with Crippen LogP contribution in [0.2, 0.25) is 0 Å². The lowest BCUT2D eigenvalue weighted by molar-refractivity contribution is -0.153. The molecule has 138 valence electrons. The molecule has 0 aromatic heterocycles. The van der Waals surface area contributed by atoms with Gasteiger partial charge >= 0.3 is 6.09 Å². The molecule has 1 fully saturated rings. The molecule has 1 saturated heterocycles. The summed E-state index contributed by atoms with van der Waals surface area (Å²) in [6.45, 7) is 15.2. The average Bonchev–Trinajstić information content (AvgIpc) is 2.26. The summed E-state index contributed by atoms with van der Waals surface area (Å²) in [4.78, 5) is 38.1. The third-order valence-electron chi connectivity index (χ3n) is 3.96. The molecule has 0 spiro atoms. The summed E-state index contributed by atoms with van der Waals surface area (Å²) in [6, 6.07) is -0.388. The minimum atomic E-state index is -0.604. The monoisotopic (exact) mass is 340 g/mol. The second-order valence-electron chi connectivity index (χ2n) is 9.48. The zero-order valence-electron chi connectivity index (χ0n) is 16.3. The number of piperidine rings is 1. The molecular formula is C18H32N2O4. The van der Waals surface area contributed by atoms with Crippen molar-refractivity contribution in [1.82, 2.24) is 10.2 Å². The number of imide groups is 1. The summed E-state index contributed by atoms with van der Waals surface area (Å²) in [5.41, 5.74) is -1.24. The molecule has 24 heavy (non-hydrogen) atoms. The highest BCUT2D eigenvalue weighted by atomic mass is 16.6. The normalized spacial score (nSPS) is 19.9. The van der Waals surface area contributed by atoms with Crippen LogP contribution in [0.4, 0.5) is 4.79 Å². The van der Waals surface area contributed by atoms with Crippen molar-refractivity contribution >= 4 is 17.9 Å². The van der Waals surface area contributed by atoms with E-state index in [0.29, 0.717) is 12.8 Å². The fourth-order valence-electron chi connectivity index (χ4n) is 2.58. The summed E-state index contributed by atoms with van der Waals surface area (Å²) in [5, 5.41) is 2.82. The van der Waals surface area contributed by atoms with Crippen LogP contribution in [0.15, 0.2) is 0 Å². The van der Waals surface area contributed by atoms with E-state index in [9.17, 15) is 14.4 Å². The third kappa shape index (κ3) is 6.13. The van der Waals surface area contributed by atoms with Gasteiger partial charge in [0.25, 0.3) is 0 Å². The van der Waals surface area contributed by atoms with E-state index in [0.717, 1.165) is 0 Å². The molecule has 0 bridgehead atoms. The van der Waals surface area contributed by atoms with E-state index in [4.69, 9.17) is 4.74 Å². The highest BCUT2D eigenvalue weighted by Gasteiger charge is 2.40. The smallest absolute Gasteiger partial charge is 0.407 e. The number of hydrogen-bond donors (Lipinski definition) is 1. The maximum Gasteiger partial charge on any atom is 0.407 e. The first kappa shape index (κ1) is 20.5. The number of hydrogen-bond acceptors (Lipinski definition) is 4. The summed E-state index contributed by atoms with van der Waals surface area (Å²) in [5.74, 6) is -0.368. The van der Waals surface area contributed by atoms with Crippen molar-refractivity contribution in [3.63, 3.8) is 0 Å². The molecule has 0 saturated carbocycles. The van der Waals surface area contributed by atoms with Crippen LogP contribution in [-0.2, 0) is 14.3 Å². The van der Waals surface area contributed by atoms with Gasteiger partial charge in [-0.25, -0.2) is 4.79 Å². The van der Waals surface area contributed by atoms with Crippen LogP contribution < -0.4 is 5.32 Å². The maximum absolute atomic E-state index is 12.4. The number of rotatable bonds is 3. The van der Waals surface area contributed by atoms with Crippen LogP contribution in [0, 0.1) is 10.8 Å². The van der Waals surface area contributed by atoms with Crippen molar-refractivity contribution in [2.24, 2.45) is 10.8 Å². The van der Waals surface area contributed by atoms with E-state index in [1.807, 2.05) is 34.6 Å². The van der Waals surface area contributed by atoms with Gasteiger partial charge in [0, 0.05) is 19.4 Å². The van der Waals surface area contributed by atoms with Gasteiger partial charge in [0.1, 0.15) is 5.60 Å². The Bertz CT molecular complexity index is 492. The molecule has 1 aliphatic heterocycles. The van der Waals surface area contributed by atoms with Gasteiger partial charge in [0.15, 0.2) is 0 Å². The Morgan fingerprint density at radius 2 is 1.58 bits per heavy atom. The van der Waals surface area contributed by atoms with E-state index < -0.39 is 11.7 Å². The highest BCUT2D eigenvalue weighted by Crippen LogP contribution is 2.32. The van der Waals surface area contributed by atoms with Crippen LogP contribution in [0.25, 0.3) is 0 Å². The van der Waals surface area contributed by atoms with Gasteiger partial charge in [-0.15, -0.1) is 0 Å². The van der Waals surface area contributed by atoms with Crippen LogP contribution in [0.3, 0.4) is 0 Å². The molecule has 0 aromatic rings. The Morgan fingerprint density at radius 3 is 1.96 bits per heavy atom. The van der Waals surface area contributed by atoms with Crippen molar-refractivity contribution < 1.29 is 19.1 Å². The number of nitrogens with one attached hydrogen (secondary N) is 1. The van der Waals surface area contributed by atoms with Crippen LogP contribution in [0.5, 0.6) is 0 Å². The first-order chi connectivity index (χ1) is 10.6. The molecule has 1 aliphatic rings. The summed E-state index contributed by atoms with van der Waals surface area (Å²) >= 11 is 0. The van der Waals surface area contributed by atoms with Gasteiger partial charge in [0.2, 0.25) is 11.8 Å². The number of carbonyl (C=O) groups is 3. The first-order valence-corrected chi connectivity index (χ1v) is 8.43. The topological polar surface area (TPSA) is 75.7 Å². The number of nitrogens with zero attached hydrogens (tertiary/aromatic N) is 1. The second-order valence-corrected chi connectivity index (χ2v) is 9.48. The lowest BCUT2D eigenvalue weighted by Gasteiger charge is -2.39. The second kappa shape index (κ2) is 6.73. The number of amides is 3. The molecular weight excluding hydrogens is 308 g/mol. The van der Waals surface area contributed by atoms with Crippen LogP contribution >= 0.6 is 0 Å². The quantitative estimate of drug-likeness (QED) is 0.801. The molecule has 1 heterocycles. The van der Waals surface area contributed by atoms with Crippen molar-refractivity contribution in [3.8, 4) is 0 Å². The SMILES string of the molecule is CC1(C)CC(=O)N(C[C@@H](NC(=O)OC(C)(C)C)C(C)(C)C)C(=O)C1. The number of carbonyl (C=O) groups excluding carboxylic acids is 3. The zero-order valence-corrected chi connectivity index (χ0v) is 16.3. The molecule has 0 radical (unpaired) electrons. The van der Waals surface area contributed by atoms with E-state index in [2.05, 4.69) is 5.32 Å². The van der Waals surface area contributed by atoms with Crippen LogP contribution in [-0.4, -0.2) is 41.0 Å². The lowest BCUT2D eigenvalue weighted by Crippen LogP contribution is -2.56. The van der Waals surface area contributed by atoms with E-state index >= 15 is 0 Å². The molecule has 1 rings (SSSR count). The molecule has 3 amide bonds. The fraction of sp³-hybridized carbons (Fsp3) is 0.833. The maximum atomic E-state index is 12.4. The van der Waals surface area contributed by atoms with E-state index in [1.165, 1.54) is 4.90 Å². The van der Waals surface area contributed by atoms with Gasteiger partial charge in [-0.05, 0) is 31.6 Å². The Morgan fingerprint density at radius 1 is 1.12 bits per heavy atom. The van der Waals surface area contributed by atoms with Crippen molar-refractivity contribution in [1.29, 1.82) is 0 Å². The van der Waals surface area contributed by atoms with Crippen LogP contribution in [0.1, 0.15) is 68.2 Å². The fourth-order valence-corrected chi connectivity index (χ4v) is 2.58. The third-order valence-corrected chi connectivity index (χ3v) is 3.96. The standard InChI is InChI=1S/C18H32N2O4/c1-16(2,3)12(19-15(23)24-17(4,5)6)11-20-13(21)9-18(7,8)10-14(20)22/h12H,9-11H2,1-8H3,(H,19,23)/t12-/m1/s1. The van der Waals surface area contributed by atoms with E-state index in [1.54, 1.807) is 20.8 Å². The summed E-state index contributed by atoms with van der Waals surface area (Å²) < 4.78 is 5.30. The lowest BCUT2D eigenvalue weighted by atomic mass is 9.80. The van der Waals surface area contributed by atoms with Gasteiger partial charge in [-0.2, -0.15) is 0 Å². The molecule has 0 unspecified atom stereocenters. The number of likely N-dealkylation sites (tertiary alicyclic amines) is 1.